The van der Waals surface area contributed by atoms with E-state index in [1.54, 1.807) is 6.92 Å². The van der Waals surface area contributed by atoms with Crippen molar-refractivity contribution >= 4 is 15.7 Å². The van der Waals surface area contributed by atoms with E-state index in [1.807, 2.05) is 0 Å². The molecule has 0 aromatic carbocycles. The number of nitrogens with one attached hydrogen (secondary N) is 1. The van der Waals surface area contributed by atoms with E-state index in [1.165, 1.54) is 6.92 Å². The van der Waals surface area contributed by atoms with Crippen LogP contribution in [-0.4, -0.2) is 31.4 Å². The van der Waals surface area contributed by atoms with E-state index in [-0.39, 0.29) is 17.4 Å². The van der Waals surface area contributed by atoms with E-state index in [0.29, 0.717) is 6.42 Å². The van der Waals surface area contributed by atoms with Crippen LogP contribution in [0, 0.1) is 0 Å². The molecule has 0 spiro atoms. The first kappa shape index (κ1) is 9.51. The third-order valence-corrected chi connectivity index (χ3v) is 3.88. The fourth-order valence-electron chi connectivity index (χ4n) is 1.53. The zero-order valence-electron chi connectivity index (χ0n) is 7.25. The van der Waals surface area contributed by atoms with Gasteiger partial charge >= 0.3 is 0 Å². The molecule has 0 aliphatic carbocycles. The zero-order valence-corrected chi connectivity index (χ0v) is 8.07. The highest BCUT2D eigenvalue weighted by Gasteiger charge is 2.38. The standard InChI is InChI=1S/C7H13NO3S/c1-6(9)8-7(2)3-4-12(10,11)5-7/h3-5H2,1-2H3,(H,8,9)/t7-/m0/s1. The molecule has 0 radical (unpaired) electrons. The van der Waals surface area contributed by atoms with Crippen LogP contribution in [0.15, 0.2) is 0 Å². The maximum atomic E-state index is 11.1. The highest BCUT2D eigenvalue weighted by atomic mass is 32.2. The molecule has 1 amide bonds. The summed E-state index contributed by atoms with van der Waals surface area (Å²) in [4.78, 5) is 10.7. The highest BCUT2D eigenvalue weighted by molar-refractivity contribution is 7.91. The molecule has 70 valence electrons. The largest absolute Gasteiger partial charge is 0.350 e. The van der Waals surface area contributed by atoms with Crippen LogP contribution in [0.4, 0.5) is 0 Å². The molecule has 1 aliphatic heterocycles. The molecular weight excluding hydrogens is 178 g/mol. The lowest BCUT2D eigenvalue weighted by molar-refractivity contribution is -0.120. The monoisotopic (exact) mass is 191 g/mol. The lowest BCUT2D eigenvalue weighted by Gasteiger charge is -2.22. The number of carbonyl (C=O) groups excluding carboxylic acids is 1. The molecule has 0 bridgehead atoms. The van der Waals surface area contributed by atoms with Crippen molar-refractivity contribution in [2.24, 2.45) is 0 Å². The first-order chi connectivity index (χ1) is 5.33. The summed E-state index contributed by atoms with van der Waals surface area (Å²) < 4.78 is 22.2. The van der Waals surface area contributed by atoms with E-state index in [9.17, 15) is 13.2 Å². The Morgan fingerprint density at radius 1 is 1.50 bits per heavy atom. The Balaban J connectivity index is 2.71. The molecule has 0 saturated carbocycles. The highest BCUT2D eigenvalue weighted by Crippen LogP contribution is 2.22. The second-order valence-electron chi connectivity index (χ2n) is 3.58. The van der Waals surface area contributed by atoms with E-state index >= 15 is 0 Å². The predicted octanol–water partition coefficient (Wildman–Crippen LogP) is -0.300. The minimum atomic E-state index is -2.91. The minimum Gasteiger partial charge on any atom is -0.350 e. The molecule has 1 saturated heterocycles. The Kier molecular flexibility index (Phi) is 2.16. The van der Waals surface area contributed by atoms with Crippen molar-refractivity contribution in [3.63, 3.8) is 0 Å². The van der Waals surface area contributed by atoms with Gasteiger partial charge in [-0.3, -0.25) is 4.79 Å². The van der Waals surface area contributed by atoms with Crippen LogP contribution in [0.25, 0.3) is 0 Å². The van der Waals surface area contributed by atoms with Crippen LogP contribution in [0.1, 0.15) is 20.3 Å². The summed E-state index contributed by atoms with van der Waals surface area (Å²) in [6.45, 7) is 3.16. The Morgan fingerprint density at radius 2 is 2.08 bits per heavy atom. The molecule has 1 atom stereocenters. The van der Waals surface area contributed by atoms with Gasteiger partial charge < -0.3 is 5.32 Å². The fourth-order valence-corrected chi connectivity index (χ4v) is 3.63. The number of amides is 1. The maximum Gasteiger partial charge on any atom is 0.217 e. The molecule has 1 N–H and O–H groups in total. The lowest BCUT2D eigenvalue weighted by atomic mass is 10.0. The first-order valence-electron chi connectivity index (χ1n) is 3.82. The van der Waals surface area contributed by atoms with E-state index in [2.05, 4.69) is 5.32 Å². The SMILES string of the molecule is CC(=O)N[C@@]1(C)CCS(=O)(=O)C1. The van der Waals surface area contributed by atoms with E-state index in [4.69, 9.17) is 0 Å². The molecule has 0 aromatic heterocycles. The second kappa shape index (κ2) is 2.73. The number of sulfone groups is 1. The molecule has 1 aliphatic rings. The number of hydrogen-bond donors (Lipinski definition) is 1. The van der Waals surface area contributed by atoms with Gasteiger partial charge in [0.25, 0.3) is 0 Å². The van der Waals surface area contributed by atoms with E-state index < -0.39 is 15.4 Å². The van der Waals surface area contributed by atoms with Gasteiger partial charge in [0.1, 0.15) is 0 Å². The number of carbonyl (C=O) groups is 1. The summed E-state index contributed by atoms with van der Waals surface area (Å²) in [6, 6.07) is 0. The third kappa shape index (κ3) is 2.20. The lowest BCUT2D eigenvalue weighted by Crippen LogP contribution is -2.45. The van der Waals surface area contributed by atoms with Gasteiger partial charge in [0.2, 0.25) is 5.91 Å². The van der Waals surface area contributed by atoms with Crippen molar-refractivity contribution in [2.75, 3.05) is 11.5 Å². The quantitative estimate of drug-likeness (QED) is 0.619. The Hall–Kier alpha value is -0.580. The van der Waals surface area contributed by atoms with Crippen LogP contribution in [-0.2, 0) is 14.6 Å². The van der Waals surface area contributed by atoms with Crippen LogP contribution in [0.5, 0.6) is 0 Å². The van der Waals surface area contributed by atoms with Gasteiger partial charge in [-0.05, 0) is 13.3 Å². The smallest absolute Gasteiger partial charge is 0.217 e. The fraction of sp³-hybridized carbons (Fsp3) is 0.857. The molecule has 1 rings (SSSR count). The Morgan fingerprint density at radius 3 is 2.42 bits per heavy atom. The van der Waals surface area contributed by atoms with Crippen molar-refractivity contribution in [3.05, 3.63) is 0 Å². The minimum absolute atomic E-state index is 0.0690. The summed E-state index contributed by atoms with van der Waals surface area (Å²) in [6.07, 6.45) is 0.523. The summed E-state index contributed by atoms with van der Waals surface area (Å²) in [7, 11) is -2.91. The molecule has 1 fully saturated rings. The normalized spacial score (nSPS) is 33.2. The van der Waals surface area contributed by atoms with Crippen molar-refractivity contribution in [1.29, 1.82) is 0 Å². The van der Waals surface area contributed by atoms with Crippen molar-refractivity contribution < 1.29 is 13.2 Å². The number of rotatable bonds is 1. The maximum absolute atomic E-state index is 11.1. The summed E-state index contributed by atoms with van der Waals surface area (Å²) in [5, 5.41) is 2.66. The van der Waals surface area contributed by atoms with Gasteiger partial charge in [0.05, 0.1) is 17.0 Å². The van der Waals surface area contributed by atoms with Crippen LogP contribution in [0.3, 0.4) is 0 Å². The van der Waals surface area contributed by atoms with Gasteiger partial charge in [0, 0.05) is 6.92 Å². The van der Waals surface area contributed by atoms with Crippen LogP contribution < -0.4 is 5.32 Å². The van der Waals surface area contributed by atoms with Gasteiger partial charge in [-0.15, -0.1) is 0 Å². The Bertz CT molecular complexity index is 296. The van der Waals surface area contributed by atoms with Crippen molar-refractivity contribution in [3.8, 4) is 0 Å². The van der Waals surface area contributed by atoms with E-state index in [0.717, 1.165) is 0 Å². The molecule has 0 aromatic rings. The zero-order chi connectivity index (χ0) is 9.41. The summed E-state index contributed by atoms with van der Waals surface area (Å²) >= 11 is 0. The molecule has 5 heteroatoms. The van der Waals surface area contributed by atoms with Crippen LogP contribution in [0.2, 0.25) is 0 Å². The molecule has 0 unspecified atom stereocenters. The first-order valence-corrected chi connectivity index (χ1v) is 5.64. The Labute approximate surface area is 72.3 Å². The molecule has 1 heterocycles. The van der Waals surface area contributed by atoms with Gasteiger partial charge in [-0.2, -0.15) is 0 Å². The molecular formula is C7H13NO3S. The number of hydrogen-bond acceptors (Lipinski definition) is 3. The van der Waals surface area contributed by atoms with Gasteiger partial charge in [0.15, 0.2) is 9.84 Å². The predicted molar refractivity (Wildman–Crippen MR) is 45.5 cm³/mol. The van der Waals surface area contributed by atoms with Crippen molar-refractivity contribution in [1.82, 2.24) is 5.32 Å². The second-order valence-corrected chi connectivity index (χ2v) is 5.77. The molecule has 12 heavy (non-hydrogen) atoms. The summed E-state index contributed by atoms with van der Waals surface area (Å²) in [5.41, 5.74) is -0.537. The third-order valence-electron chi connectivity index (χ3n) is 1.98. The average Bonchev–Trinajstić information content (AvgIpc) is 2.03. The van der Waals surface area contributed by atoms with Gasteiger partial charge in [-0.25, -0.2) is 8.42 Å². The molecule has 4 nitrogen and oxygen atoms in total. The topological polar surface area (TPSA) is 63.2 Å². The summed E-state index contributed by atoms with van der Waals surface area (Å²) in [5.74, 6) is 0.0817. The average molecular weight is 191 g/mol. The van der Waals surface area contributed by atoms with Gasteiger partial charge in [-0.1, -0.05) is 0 Å². The van der Waals surface area contributed by atoms with Crippen molar-refractivity contribution in [2.45, 2.75) is 25.8 Å². The van der Waals surface area contributed by atoms with Crippen LogP contribution >= 0.6 is 0 Å².